The lowest BCUT2D eigenvalue weighted by Gasteiger charge is -2.13. The van der Waals surface area contributed by atoms with Crippen molar-refractivity contribution in [3.05, 3.63) is 34.9 Å². The Kier molecular flexibility index (Phi) is 3.97. The van der Waals surface area contributed by atoms with Gasteiger partial charge in [-0.25, -0.2) is 0 Å². The number of rotatable bonds is 5. The molecule has 88 valence electrons. The molecular formula is C14H21NO. The molecule has 0 heterocycles. The molecule has 2 nitrogen and oxygen atoms in total. The van der Waals surface area contributed by atoms with Gasteiger partial charge in [0.2, 0.25) is 0 Å². The molecule has 0 bridgehead atoms. The van der Waals surface area contributed by atoms with Crippen LogP contribution in [0, 0.1) is 6.92 Å². The van der Waals surface area contributed by atoms with E-state index in [1.807, 2.05) is 0 Å². The predicted molar refractivity (Wildman–Crippen MR) is 66.7 cm³/mol. The van der Waals surface area contributed by atoms with E-state index in [-0.39, 0.29) is 0 Å². The summed E-state index contributed by atoms with van der Waals surface area (Å²) in [5, 5.41) is 3.61. The minimum Gasteiger partial charge on any atom is -0.385 e. The molecule has 1 atom stereocenters. The molecule has 1 aromatic rings. The molecule has 1 aromatic carbocycles. The number of hydrogen-bond acceptors (Lipinski definition) is 2. The van der Waals surface area contributed by atoms with Gasteiger partial charge in [-0.15, -0.1) is 0 Å². The first-order valence-corrected chi connectivity index (χ1v) is 6.13. The number of ether oxygens (including phenoxy) is 1. The summed E-state index contributed by atoms with van der Waals surface area (Å²) < 4.78 is 5.05. The van der Waals surface area contributed by atoms with Gasteiger partial charge < -0.3 is 10.1 Å². The normalized spacial score (nSPS) is 18.8. The number of fused-ring (bicyclic) bond motifs is 1. The maximum Gasteiger partial charge on any atom is 0.0474 e. The smallest absolute Gasteiger partial charge is 0.0474 e. The van der Waals surface area contributed by atoms with Crippen molar-refractivity contribution in [3.8, 4) is 0 Å². The standard InChI is InChI=1S/C14H21NO/c1-11-4-6-13-12(10-11)5-7-14(13)15-8-3-9-16-2/h4,6,10,14-15H,3,5,7-9H2,1-2H3. The topological polar surface area (TPSA) is 21.3 Å². The minimum atomic E-state index is 0.562. The van der Waals surface area contributed by atoms with Crippen LogP contribution in [-0.2, 0) is 11.2 Å². The Morgan fingerprint density at radius 2 is 2.31 bits per heavy atom. The van der Waals surface area contributed by atoms with E-state index in [0.717, 1.165) is 19.6 Å². The highest BCUT2D eigenvalue weighted by Crippen LogP contribution is 2.31. The van der Waals surface area contributed by atoms with Gasteiger partial charge in [0.25, 0.3) is 0 Å². The average Bonchev–Trinajstić information content (AvgIpc) is 2.67. The quantitative estimate of drug-likeness (QED) is 0.769. The zero-order valence-corrected chi connectivity index (χ0v) is 10.3. The van der Waals surface area contributed by atoms with E-state index in [1.54, 1.807) is 7.11 Å². The Morgan fingerprint density at radius 1 is 1.44 bits per heavy atom. The molecule has 0 amide bonds. The van der Waals surface area contributed by atoms with Gasteiger partial charge in [-0.05, 0) is 43.9 Å². The molecule has 2 rings (SSSR count). The van der Waals surface area contributed by atoms with E-state index in [9.17, 15) is 0 Å². The monoisotopic (exact) mass is 219 g/mol. The fourth-order valence-corrected chi connectivity index (χ4v) is 2.45. The summed E-state index contributed by atoms with van der Waals surface area (Å²) in [4.78, 5) is 0. The highest BCUT2D eigenvalue weighted by Gasteiger charge is 2.21. The largest absolute Gasteiger partial charge is 0.385 e. The summed E-state index contributed by atoms with van der Waals surface area (Å²) >= 11 is 0. The predicted octanol–water partition coefficient (Wildman–Crippen LogP) is 2.61. The van der Waals surface area contributed by atoms with Crippen LogP contribution in [0.4, 0.5) is 0 Å². The van der Waals surface area contributed by atoms with Gasteiger partial charge in [-0.1, -0.05) is 23.8 Å². The van der Waals surface area contributed by atoms with Gasteiger partial charge in [0, 0.05) is 19.8 Å². The third kappa shape index (κ3) is 2.63. The summed E-state index contributed by atoms with van der Waals surface area (Å²) in [7, 11) is 1.76. The highest BCUT2D eigenvalue weighted by atomic mass is 16.5. The lowest BCUT2D eigenvalue weighted by Crippen LogP contribution is -2.21. The number of hydrogen-bond donors (Lipinski definition) is 1. The Morgan fingerprint density at radius 3 is 3.12 bits per heavy atom. The lowest BCUT2D eigenvalue weighted by atomic mass is 10.1. The van der Waals surface area contributed by atoms with E-state index < -0.39 is 0 Å². The Hall–Kier alpha value is -0.860. The zero-order chi connectivity index (χ0) is 11.4. The van der Waals surface area contributed by atoms with Crippen molar-refractivity contribution in [2.45, 2.75) is 32.2 Å². The van der Waals surface area contributed by atoms with Gasteiger partial charge in [0.15, 0.2) is 0 Å². The molecule has 0 spiro atoms. The minimum absolute atomic E-state index is 0.562. The SMILES string of the molecule is COCCCNC1CCc2cc(C)ccc21. The maximum atomic E-state index is 5.05. The Balaban J connectivity index is 1.91. The van der Waals surface area contributed by atoms with Crippen molar-refractivity contribution >= 4 is 0 Å². The molecule has 1 N–H and O–H groups in total. The second-order valence-corrected chi connectivity index (χ2v) is 4.59. The molecule has 0 fully saturated rings. The van der Waals surface area contributed by atoms with Crippen LogP contribution in [0.5, 0.6) is 0 Å². The lowest BCUT2D eigenvalue weighted by molar-refractivity contribution is 0.193. The Labute approximate surface area is 98.0 Å². The molecule has 0 aromatic heterocycles. The van der Waals surface area contributed by atoms with Gasteiger partial charge in [0.05, 0.1) is 0 Å². The first-order valence-electron chi connectivity index (χ1n) is 6.13. The summed E-state index contributed by atoms with van der Waals surface area (Å²) in [5.41, 5.74) is 4.41. The average molecular weight is 219 g/mol. The fraction of sp³-hybridized carbons (Fsp3) is 0.571. The van der Waals surface area contributed by atoms with Crippen molar-refractivity contribution in [2.24, 2.45) is 0 Å². The molecule has 0 radical (unpaired) electrons. The zero-order valence-electron chi connectivity index (χ0n) is 10.3. The van der Waals surface area contributed by atoms with Gasteiger partial charge >= 0.3 is 0 Å². The first kappa shape index (κ1) is 11.6. The molecule has 0 saturated heterocycles. The second kappa shape index (κ2) is 5.46. The third-order valence-electron chi connectivity index (χ3n) is 3.29. The van der Waals surface area contributed by atoms with Crippen molar-refractivity contribution in [3.63, 3.8) is 0 Å². The first-order chi connectivity index (χ1) is 7.81. The van der Waals surface area contributed by atoms with Crippen molar-refractivity contribution < 1.29 is 4.74 Å². The molecule has 2 heteroatoms. The van der Waals surface area contributed by atoms with Crippen LogP contribution >= 0.6 is 0 Å². The van der Waals surface area contributed by atoms with E-state index in [1.165, 1.54) is 29.5 Å². The second-order valence-electron chi connectivity index (χ2n) is 4.59. The molecule has 16 heavy (non-hydrogen) atoms. The van der Waals surface area contributed by atoms with Gasteiger partial charge in [-0.2, -0.15) is 0 Å². The summed E-state index contributed by atoms with van der Waals surface area (Å²) in [6, 6.07) is 7.39. The third-order valence-corrected chi connectivity index (χ3v) is 3.29. The van der Waals surface area contributed by atoms with Gasteiger partial charge in [-0.3, -0.25) is 0 Å². The molecule has 1 aliphatic rings. The van der Waals surface area contributed by atoms with E-state index in [0.29, 0.717) is 6.04 Å². The molecule has 1 unspecified atom stereocenters. The maximum absolute atomic E-state index is 5.05. The summed E-state index contributed by atoms with van der Waals surface area (Å²) in [6.45, 7) is 4.06. The van der Waals surface area contributed by atoms with E-state index in [4.69, 9.17) is 4.74 Å². The van der Waals surface area contributed by atoms with Crippen LogP contribution in [0.15, 0.2) is 18.2 Å². The molecule has 1 aliphatic carbocycles. The van der Waals surface area contributed by atoms with E-state index in [2.05, 4.69) is 30.4 Å². The number of nitrogens with one attached hydrogen (secondary N) is 1. The van der Waals surface area contributed by atoms with E-state index >= 15 is 0 Å². The van der Waals surface area contributed by atoms with Crippen LogP contribution in [0.2, 0.25) is 0 Å². The summed E-state index contributed by atoms with van der Waals surface area (Å²) in [6.07, 6.45) is 3.55. The molecular weight excluding hydrogens is 198 g/mol. The van der Waals surface area contributed by atoms with Crippen molar-refractivity contribution in [1.82, 2.24) is 5.32 Å². The fourth-order valence-electron chi connectivity index (χ4n) is 2.45. The number of aryl methyl sites for hydroxylation is 2. The summed E-state index contributed by atoms with van der Waals surface area (Å²) in [5.74, 6) is 0. The van der Waals surface area contributed by atoms with Crippen molar-refractivity contribution in [2.75, 3.05) is 20.3 Å². The molecule has 0 aliphatic heterocycles. The van der Waals surface area contributed by atoms with Crippen LogP contribution in [0.3, 0.4) is 0 Å². The number of methoxy groups -OCH3 is 1. The van der Waals surface area contributed by atoms with Crippen LogP contribution in [0.1, 0.15) is 35.6 Å². The van der Waals surface area contributed by atoms with Gasteiger partial charge in [0.1, 0.15) is 0 Å². The van der Waals surface area contributed by atoms with Crippen LogP contribution in [-0.4, -0.2) is 20.3 Å². The van der Waals surface area contributed by atoms with Crippen LogP contribution < -0.4 is 5.32 Å². The molecule has 0 saturated carbocycles. The van der Waals surface area contributed by atoms with Crippen LogP contribution in [0.25, 0.3) is 0 Å². The Bertz CT molecular complexity index is 349. The highest BCUT2D eigenvalue weighted by molar-refractivity contribution is 5.37. The number of benzene rings is 1. The van der Waals surface area contributed by atoms with Crippen molar-refractivity contribution in [1.29, 1.82) is 0 Å².